The highest BCUT2D eigenvalue weighted by molar-refractivity contribution is 5.82. The third kappa shape index (κ3) is 5.49. The highest BCUT2D eigenvalue weighted by Crippen LogP contribution is 2.33. The largest absolute Gasteiger partial charge is 0.484 e. The van der Waals surface area contributed by atoms with E-state index in [-0.39, 0.29) is 5.82 Å². The number of halogens is 4. The van der Waals surface area contributed by atoms with E-state index >= 15 is 0 Å². The fourth-order valence-corrected chi connectivity index (χ4v) is 3.76. The number of rotatable bonds is 7. The molecule has 1 heterocycles. The molecule has 4 aromatic rings. The lowest BCUT2D eigenvalue weighted by molar-refractivity contribution is -0.137. The van der Waals surface area contributed by atoms with E-state index in [0.29, 0.717) is 22.4 Å². The van der Waals surface area contributed by atoms with E-state index < -0.39 is 35.9 Å². The lowest BCUT2D eigenvalue weighted by atomic mass is 10.0. The maximum absolute atomic E-state index is 13.3. The first-order valence-electron chi connectivity index (χ1n) is 11.1. The normalized spacial score (nSPS) is 14.3. The van der Waals surface area contributed by atoms with Crippen LogP contribution in [0.5, 0.6) is 5.75 Å². The predicted molar refractivity (Wildman–Crippen MR) is 125 cm³/mol. The van der Waals surface area contributed by atoms with Crippen molar-refractivity contribution in [1.82, 2.24) is 15.1 Å². The first-order chi connectivity index (χ1) is 17.0. The van der Waals surface area contributed by atoms with Crippen LogP contribution in [0.1, 0.15) is 31.1 Å². The molecule has 1 amide bonds. The van der Waals surface area contributed by atoms with Gasteiger partial charge in [-0.25, -0.2) is 9.07 Å². The number of nitrogens with one attached hydrogen (secondary N) is 1. The molecular formula is C26H23F4N3O3. The molecule has 0 saturated carbocycles. The van der Waals surface area contributed by atoms with Crippen molar-refractivity contribution in [3.05, 3.63) is 89.9 Å². The molecule has 6 nitrogen and oxygen atoms in total. The van der Waals surface area contributed by atoms with Gasteiger partial charge in [-0.1, -0.05) is 12.1 Å². The third-order valence-electron chi connectivity index (χ3n) is 5.64. The zero-order chi connectivity index (χ0) is 26.0. The number of fused-ring (bicyclic) bond motifs is 1. The molecule has 0 saturated heterocycles. The fourth-order valence-electron chi connectivity index (χ4n) is 3.76. The quantitative estimate of drug-likeness (QED) is 0.342. The van der Waals surface area contributed by atoms with Crippen LogP contribution >= 0.6 is 0 Å². The molecule has 3 atom stereocenters. The minimum absolute atomic E-state index is 0.364. The summed E-state index contributed by atoms with van der Waals surface area (Å²) in [5, 5.41) is 17.2. The first-order valence-corrected chi connectivity index (χ1v) is 11.1. The van der Waals surface area contributed by atoms with E-state index in [4.69, 9.17) is 4.74 Å². The molecule has 10 heteroatoms. The Morgan fingerprint density at radius 2 is 1.69 bits per heavy atom. The standard InChI is InChI=1S/C26H23F4N3O3/c1-15(32-25(35)16(2)34)24(17-3-5-19(6-4-17)26(28,29)30)36-22-11-12-23-18(13-22)14-31-33(23)21-9-7-20(27)8-10-21/h3-16,24,34H,1-2H3,(H,32,35)/t15-,16+,24-/m0/s1. The number of carbonyl (C=O) groups is 1. The number of aromatic nitrogens is 2. The average Bonchev–Trinajstić information content (AvgIpc) is 3.25. The minimum Gasteiger partial charge on any atom is -0.484 e. The van der Waals surface area contributed by atoms with Gasteiger partial charge < -0.3 is 15.2 Å². The summed E-state index contributed by atoms with van der Waals surface area (Å²) in [6.07, 6.45) is -5.01. The van der Waals surface area contributed by atoms with E-state index in [1.54, 1.807) is 48.1 Å². The number of aliphatic hydroxyl groups is 1. The number of aliphatic hydroxyl groups excluding tert-OH is 1. The topological polar surface area (TPSA) is 76.4 Å². The van der Waals surface area contributed by atoms with Gasteiger partial charge in [0.15, 0.2) is 0 Å². The van der Waals surface area contributed by atoms with Crippen molar-refractivity contribution in [1.29, 1.82) is 0 Å². The summed E-state index contributed by atoms with van der Waals surface area (Å²) in [5.74, 6) is -0.611. The maximum atomic E-state index is 13.3. The molecule has 0 bridgehead atoms. The van der Waals surface area contributed by atoms with Crippen molar-refractivity contribution in [2.45, 2.75) is 38.3 Å². The van der Waals surface area contributed by atoms with Crippen molar-refractivity contribution in [2.24, 2.45) is 0 Å². The molecule has 0 spiro atoms. The maximum Gasteiger partial charge on any atom is 0.416 e. The first kappa shape index (κ1) is 25.2. The number of hydrogen-bond donors (Lipinski definition) is 2. The lowest BCUT2D eigenvalue weighted by Gasteiger charge is -2.27. The van der Waals surface area contributed by atoms with Gasteiger partial charge in [0.25, 0.3) is 0 Å². The van der Waals surface area contributed by atoms with E-state index in [9.17, 15) is 27.5 Å². The Balaban J connectivity index is 1.65. The van der Waals surface area contributed by atoms with Gasteiger partial charge in [-0.05, 0) is 74.0 Å². The Morgan fingerprint density at radius 1 is 1.03 bits per heavy atom. The number of carbonyl (C=O) groups excluding carboxylic acids is 1. The Hall–Kier alpha value is -3.92. The molecule has 1 aromatic heterocycles. The van der Waals surface area contributed by atoms with Gasteiger partial charge in [-0.2, -0.15) is 18.3 Å². The molecule has 3 aromatic carbocycles. The van der Waals surface area contributed by atoms with Crippen LogP contribution in [-0.2, 0) is 11.0 Å². The van der Waals surface area contributed by atoms with Crippen LogP contribution in [0.4, 0.5) is 17.6 Å². The molecule has 0 aliphatic rings. The highest BCUT2D eigenvalue weighted by atomic mass is 19.4. The summed E-state index contributed by atoms with van der Waals surface area (Å²) in [5.41, 5.74) is 0.997. The van der Waals surface area contributed by atoms with E-state index in [2.05, 4.69) is 10.4 Å². The molecule has 4 rings (SSSR count). The molecule has 188 valence electrons. The van der Waals surface area contributed by atoms with Crippen molar-refractivity contribution in [2.75, 3.05) is 0 Å². The number of nitrogens with zero attached hydrogens (tertiary/aromatic N) is 2. The Morgan fingerprint density at radius 3 is 2.31 bits per heavy atom. The molecule has 0 fully saturated rings. The monoisotopic (exact) mass is 501 g/mol. The highest BCUT2D eigenvalue weighted by Gasteiger charge is 2.31. The number of amides is 1. The molecule has 36 heavy (non-hydrogen) atoms. The third-order valence-corrected chi connectivity index (χ3v) is 5.64. The van der Waals surface area contributed by atoms with Crippen LogP contribution < -0.4 is 10.1 Å². The summed E-state index contributed by atoms with van der Waals surface area (Å²) < 4.78 is 60.2. The summed E-state index contributed by atoms with van der Waals surface area (Å²) in [6, 6.07) is 14.8. The van der Waals surface area contributed by atoms with Gasteiger partial charge in [0.2, 0.25) is 5.91 Å². The summed E-state index contributed by atoms with van der Waals surface area (Å²) in [6.45, 7) is 2.94. The summed E-state index contributed by atoms with van der Waals surface area (Å²) in [7, 11) is 0. The van der Waals surface area contributed by atoms with Gasteiger partial charge in [0.05, 0.1) is 29.0 Å². The van der Waals surface area contributed by atoms with E-state index in [1.807, 2.05) is 0 Å². The van der Waals surface area contributed by atoms with Gasteiger partial charge in [-0.3, -0.25) is 4.79 Å². The van der Waals surface area contributed by atoms with Gasteiger partial charge in [0.1, 0.15) is 23.8 Å². The average molecular weight is 501 g/mol. The minimum atomic E-state index is -4.49. The van der Waals surface area contributed by atoms with Gasteiger partial charge in [-0.15, -0.1) is 0 Å². The number of ether oxygens (including phenoxy) is 1. The van der Waals surface area contributed by atoms with Crippen molar-refractivity contribution in [3.63, 3.8) is 0 Å². The summed E-state index contributed by atoms with van der Waals surface area (Å²) >= 11 is 0. The van der Waals surface area contributed by atoms with Crippen LogP contribution in [0.3, 0.4) is 0 Å². The van der Waals surface area contributed by atoms with Crippen molar-refractivity contribution < 1.29 is 32.2 Å². The predicted octanol–water partition coefficient (Wildman–Crippen LogP) is 5.19. The van der Waals surface area contributed by atoms with Crippen molar-refractivity contribution >= 4 is 16.8 Å². The van der Waals surface area contributed by atoms with Crippen LogP contribution in [-0.4, -0.2) is 32.9 Å². The van der Waals surface area contributed by atoms with Crippen LogP contribution in [0.2, 0.25) is 0 Å². The molecule has 0 aliphatic heterocycles. The van der Waals surface area contributed by atoms with Crippen LogP contribution in [0, 0.1) is 5.82 Å². The second-order valence-electron chi connectivity index (χ2n) is 8.38. The molecular weight excluding hydrogens is 478 g/mol. The number of benzene rings is 3. The van der Waals surface area contributed by atoms with E-state index in [0.717, 1.165) is 17.6 Å². The van der Waals surface area contributed by atoms with Crippen molar-refractivity contribution in [3.8, 4) is 11.4 Å². The molecule has 0 unspecified atom stereocenters. The zero-order valence-electron chi connectivity index (χ0n) is 19.3. The SMILES string of the molecule is C[C@H](NC(=O)[C@@H](C)O)[C@H](Oc1ccc2c(cnn2-c2ccc(F)cc2)c1)c1ccc(C(F)(F)F)cc1. The van der Waals surface area contributed by atoms with Crippen LogP contribution in [0.15, 0.2) is 72.9 Å². The summed E-state index contributed by atoms with van der Waals surface area (Å²) in [4.78, 5) is 12.1. The van der Waals surface area contributed by atoms with E-state index in [1.165, 1.54) is 31.2 Å². The fraction of sp³-hybridized carbons (Fsp3) is 0.231. The van der Waals surface area contributed by atoms with Gasteiger partial charge >= 0.3 is 6.18 Å². The van der Waals surface area contributed by atoms with Gasteiger partial charge in [0, 0.05) is 5.39 Å². The smallest absolute Gasteiger partial charge is 0.416 e. The number of alkyl halides is 3. The molecule has 0 aliphatic carbocycles. The number of hydrogen-bond acceptors (Lipinski definition) is 4. The molecule has 0 radical (unpaired) electrons. The van der Waals surface area contributed by atoms with Crippen LogP contribution in [0.25, 0.3) is 16.6 Å². The second-order valence-corrected chi connectivity index (χ2v) is 8.38. The zero-order valence-corrected chi connectivity index (χ0v) is 19.3. The Labute approximate surface area is 204 Å². The Kier molecular flexibility index (Phi) is 6.98. The lowest BCUT2D eigenvalue weighted by Crippen LogP contribution is -2.43. The molecule has 2 N–H and O–H groups in total. The second kappa shape index (κ2) is 9.98. The Bertz CT molecular complexity index is 1350.